The van der Waals surface area contributed by atoms with Crippen LogP contribution in [0.1, 0.15) is 21.5 Å². The summed E-state index contributed by atoms with van der Waals surface area (Å²) in [6.07, 6.45) is 0. The largest absolute Gasteiger partial charge is 0.478 e. The van der Waals surface area contributed by atoms with Gasteiger partial charge in [-0.25, -0.2) is 4.79 Å². The summed E-state index contributed by atoms with van der Waals surface area (Å²) in [4.78, 5) is 10.7. The minimum absolute atomic E-state index is 0.213. The van der Waals surface area contributed by atoms with Gasteiger partial charge < -0.3 is 10.4 Å². The van der Waals surface area contributed by atoms with Crippen molar-refractivity contribution in [3.05, 3.63) is 65.2 Å². The number of aromatic carboxylic acids is 1. The lowest BCUT2D eigenvalue weighted by Gasteiger charge is -2.07. The van der Waals surface area contributed by atoms with Crippen LogP contribution in [0, 0.1) is 11.8 Å². The van der Waals surface area contributed by atoms with Crippen LogP contribution in [0.3, 0.4) is 0 Å². The van der Waals surface area contributed by atoms with E-state index in [0.717, 1.165) is 16.8 Å². The minimum Gasteiger partial charge on any atom is -0.478 e. The van der Waals surface area contributed by atoms with Gasteiger partial charge in [-0.15, -0.1) is 25.3 Å². The fourth-order valence-electron chi connectivity index (χ4n) is 1.64. The van der Waals surface area contributed by atoms with E-state index >= 15 is 0 Å². The van der Waals surface area contributed by atoms with Crippen LogP contribution in [0.5, 0.6) is 0 Å². The SMILES string of the molecule is O=C(O)c1ccc(C#Cc2ccc(NC(S)S)cc2)cc1. The van der Waals surface area contributed by atoms with Crippen molar-refractivity contribution in [1.82, 2.24) is 0 Å². The maximum Gasteiger partial charge on any atom is 0.335 e. The topological polar surface area (TPSA) is 49.3 Å². The summed E-state index contributed by atoms with van der Waals surface area (Å²) in [6, 6.07) is 14.1. The molecule has 0 aliphatic carbocycles. The molecule has 0 aliphatic heterocycles. The summed E-state index contributed by atoms with van der Waals surface area (Å²) in [7, 11) is 0. The number of rotatable bonds is 3. The van der Waals surface area contributed by atoms with E-state index in [-0.39, 0.29) is 10.3 Å². The Labute approximate surface area is 134 Å². The summed E-state index contributed by atoms with van der Waals surface area (Å²) < 4.78 is -0.213. The summed E-state index contributed by atoms with van der Waals surface area (Å²) in [5.41, 5.74) is 2.82. The van der Waals surface area contributed by atoms with Crippen molar-refractivity contribution < 1.29 is 9.90 Å². The minimum atomic E-state index is -0.940. The third-order valence-electron chi connectivity index (χ3n) is 2.66. The molecule has 0 atom stereocenters. The third kappa shape index (κ3) is 4.78. The molecule has 2 rings (SSSR count). The fourth-order valence-corrected chi connectivity index (χ4v) is 1.94. The van der Waals surface area contributed by atoms with Gasteiger partial charge in [0, 0.05) is 16.8 Å². The lowest BCUT2D eigenvalue weighted by molar-refractivity contribution is 0.0697. The highest BCUT2D eigenvalue weighted by Gasteiger charge is 2.00. The number of hydrogen-bond acceptors (Lipinski definition) is 4. The van der Waals surface area contributed by atoms with E-state index in [9.17, 15) is 4.79 Å². The lowest BCUT2D eigenvalue weighted by Crippen LogP contribution is -2.03. The van der Waals surface area contributed by atoms with Gasteiger partial charge >= 0.3 is 5.97 Å². The average Bonchev–Trinajstić information content (AvgIpc) is 2.46. The van der Waals surface area contributed by atoms with Crippen molar-refractivity contribution in [1.29, 1.82) is 0 Å². The number of carbonyl (C=O) groups is 1. The first-order valence-corrected chi connectivity index (χ1v) is 7.16. The van der Waals surface area contributed by atoms with Crippen LogP contribution in [0.25, 0.3) is 0 Å². The summed E-state index contributed by atoms with van der Waals surface area (Å²) in [5.74, 6) is 5.08. The summed E-state index contributed by atoms with van der Waals surface area (Å²) in [6.45, 7) is 0. The van der Waals surface area contributed by atoms with Crippen LogP contribution in [-0.4, -0.2) is 15.8 Å². The molecule has 2 N–H and O–H groups in total. The number of benzene rings is 2. The van der Waals surface area contributed by atoms with Crippen LogP contribution in [-0.2, 0) is 0 Å². The Morgan fingerprint density at radius 3 is 1.86 bits per heavy atom. The van der Waals surface area contributed by atoms with Crippen LogP contribution in [0.2, 0.25) is 0 Å². The number of hydrogen-bond donors (Lipinski definition) is 4. The molecular weight excluding hydrogens is 302 g/mol. The Kier molecular flexibility index (Phi) is 5.20. The summed E-state index contributed by atoms with van der Waals surface area (Å²) >= 11 is 8.26. The number of thiol groups is 2. The maximum atomic E-state index is 10.7. The molecule has 0 saturated carbocycles. The van der Waals surface area contributed by atoms with Gasteiger partial charge in [0.2, 0.25) is 0 Å². The molecule has 0 aliphatic rings. The van der Waals surface area contributed by atoms with Crippen molar-refractivity contribution in [2.75, 3.05) is 5.32 Å². The molecule has 0 amide bonds. The predicted octanol–water partition coefficient (Wildman–Crippen LogP) is 3.34. The second-order valence-electron chi connectivity index (χ2n) is 4.23. The monoisotopic (exact) mass is 315 g/mol. The highest BCUT2D eigenvalue weighted by molar-refractivity contribution is 7.99. The molecule has 0 spiro atoms. The number of carboxylic acids is 1. The molecule has 0 aromatic heterocycles. The molecule has 2 aromatic rings. The Morgan fingerprint density at radius 2 is 1.43 bits per heavy atom. The standard InChI is InChI=1S/C16H13NO2S2/c18-15(19)13-7-3-11(4-8-13)1-2-12-5-9-14(10-6-12)17-16(20)21/h3-10,16-17,20-21H,(H,18,19). The van der Waals surface area contributed by atoms with Crippen LogP contribution < -0.4 is 5.32 Å². The molecule has 21 heavy (non-hydrogen) atoms. The zero-order valence-corrected chi connectivity index (χ0v) is 12.7. The van der Waals surface area contributed by atoms with Gasteiger partial charge in [0.25, 0.3) is 0 Å². The highest BCUT2D eigenvalue weighted by atomic mass is 32.2. The zero-order valence-electron chi connectivity index (χ0n) is 10.9. The molecule has 0 bridgehead atoms. The van der Waals surface area contributed by atoms with Crippen molar-refractivity contribution in [3.8, 4) is 11.8 Å². The average molecular weight is 315 g/mol. The quantitative estimate of drug-likeness (QED) is 0.399. The van der Waals surface area contributed by atoms with Crippen molar-refractivity contribution in [3.63, 3.8) is 0 Å². The highest BCUT2D eigenvalue weighted by Crippen LogP contribution is 2.13. The van der Waals surface area contributed by atoms with Crippen LogP contribution in [0.4, 0.5) is 5.69 Å². The van der Waals surface area contributed by atoms with Crippen LogP contribution >= 0.6 is 25.3 Å². The molecule has 0 fully saturated rings. The van der Waals surface area contributed by atoms with E-state index < -0.39 is 5.97 Å². The Balaban J connectivity index is 2.09. The zero-order chi connectivity index (χ0) is 15.2. The second-order valence-corrected chi connectivity index (χ2v) is 5.67. The molecule has 2 aromatic carbocycles. The van der Waals surface area contributed by atoms with E-state index in [2.05, 4.69) is 42.4 Å². The van der Waals surface area contributed by atoms with E-state index in [1.54, 1.807) is 24.3 Å². The Morgan fingerprint density at radius 1 is 0.952 bits per heavy atom. The number of nitrogens with one attached hydrogen (secondary N) is 1. The molecule has 0 unspecified atom stereocenters. The van der Waals surface area contributed by atoms with Crippen LogP contribution in [0.15, 0.2) is 48.5 Å². The van der Waals surface area contributed by atoms with E-state index in [1.165, 1.54) is 0 Å². The first kappa shape index (κ1) is 15.4. The maximum absolute atomic E-state index is 10.7. The molecular formula is C16H13NO2S2. The smallest absolute Gasteiger partial charge is 0.335 e. The first-order chi connectivity index (χ1) is 10.0. The normalized spacial score (nSPS) is 9.86. The third-order valence-corrected chi connectivity index (χ3v) is 2.92. The summed E-state index contributed by atoms with van der Waals surface area (Å²) in [5, 5.41) is 11.9. The van der Waals surface area contributed by atoms with E-state index in [1.807, 2.05) is 24.3 Å². The van der Waals surface area contributed by atoms with Crippen molar-refractivity contribution in [2.24, 2.45) is 0 Å². The fraction of sp³-hybridized carbons (Fsp3) is 0.0625. The van der Waals surface area contributed by atoms with Gasteiger partial charge in [0.15, 0.2) is 0 Å². The number of anilines is 1. The van der Waals surface area contributed by atoms with Gasteiger partial charge in [0.1, 0.15) is 4.71 Å². The second kappa shape index (κ2) is 7.11. The molecule has 0 radical (unpaired) electrons. The molecule has 0 saturated heterocycles. The Hall–Kier alpha value is -2.03. The molecule has 3 nitrogen and oxygen atoms in total. The van der Waals surface area contributed by atoms with Gasteiger partial charge in [-0.05, 0) is 48.5 Å². The van der Waals surface area contributed by atoms with Gasteiger partial charge in [-0.2, -0.15) is 0 Å². The van der Waals surface area contributed by atoms with Crippen molar-refractivity contribution >= 4 is 36.9 Å². The van der Waals surface area contributed by atoms with Gasteiger partial charge in [-0.1, -0.05) is 11.8 Å². The van der Waals surface area contributed by atoms with E-state index in [0.29, 0.717) is 0 Å². The first-order valence-electron chi connectivity index (χ1n) is 6.13. The van der Waals surface area contributed by atoms with Gasteiger partial charge in [-0.3, -0.25) is 0 Å². The van der Waals surface area contributed by atoms with Crippen molar-refractivity contribution in [2.45, 2.75) is 4.71 Å². The lowest BCUT2D eigenvalue weighted by atomic mass is 10.1. The Bertz CT molecular complexity index is 683. The molecule has 106 valence electrons. The molecule has 0 heterocycles. The molecule has 5 heteroatoms. The van der Waals surface area contributed by atoms with E-state index in [4.69, 9.17) is 5.11 Å². The van der Waals surface area contributed by atoms with Gasteiger partial charge in [0.05, 0.1) is 5.56 Å². The number of carboxylic acid groups (broad SMARTS) is 1. The predicted molar refractivity (Wildman–Crippen MR) is 91.2 cm³/mol.